The van der Waals surface area contributed by atoms with E-state index in [4.69, 9.17) is 9.47 Å². The van der Waals surface area contributed by atoms with Crippen LogP contribution in [0.3, 0.4) is 0 Å². The van der Waals surface area contributed by atoms with Crippen molar-refractivity contribution in [2.24, 2.45) is 5.41 Å². The Kier molecular flexibility index (Phi) is 8.30. The summed E-state index contributed by atoms with van der Waals surface area (Å²) >= 11 is 0. The molecule has 0 bridgehead atoms. The summed E-state index contributed by atoms with van der Waals surface area (Å²) < 4.78 is 11.7. The van der Waals surface area contributed by atoms with E-state index >= 15 is 4.79 Å². The van der Waals surface area contributed by atoms with E-state index in [-0.39, 0.29) is 18.0 Å². The zero-order valence-electron chi connectivity index (χ0n) is 27.1. The van der Waals surface area contributed by atoms with Gasteiger partial charge < -0.3 is 14.8 Å². The van der Waals surface area contributed by atoms with Gasteiger partial charge in [0.2, 0.25) is 5.91 Å². The van der Waals surface area contributed by atoms with Crippen LogP contribution in [-0.2, 0) is 4.79 Å². The predicted molar refractivity (Wildman–Crippen MR) is 192 cm³/mol. The molecule has 0 spiro atoms. The van der Waals surface area contributed by atoms with Gasteiger partial charge in [0.15, 0.2) is 0 Å². The van der Waals surface area contributed by atoms with Crippen molar-refractivity contribution in [3.63, 3.8) is 0 Å². The Hall–Kier alpha value is -5.29. The number of amides is 1. The third-order valence-corrected chi connectivity index (χ3v) is 9.77. The van der Waals surface area contributed by atoms with Crippen LogP contribution in [0.25, 0.3) is 21.5 Å². The van der Waals surface area contributed by atoms with E-state index in [0.717, 1.165) is 57.3 Å². The molecule has 1 aliphatic rings. The number of hydrogen-bond acceptors (Lipinski definition) is 4. The van der Waals surface area contributed by atoms with Crippen LogP contribution < -0.4 is 19.7 Å². The lowest BCUT2D eigenvalue weighted by atomic mass is 9.58. The molecule has 6 aromatic carbocycles. The van der Waals surface area contributed by atoms with Gasteiger partial charge in [0.25, 0.3) is 0 Å². The van der Waals surface area contributed by atoms with E-state index in [1.807, 2.05) is 53.4 Å². The molecule has 1 heterocycles. The van der Waals surface area contributed by atoms with Crippen molar-refractivity contribution in [2.75, 3.05) is 24.4 Å². The minimum atomic E-state index is -0.831. The number of hydrogen-bond donors (Lipinski definition) is 1. The van der Waals surface area contributed by atoms with Crippen molar-refractivity contribution >= 4 is 38.8 Å². The van der Waals surface area contributed by atoms with E-state index in [9.17, 15) is 0 Å². The van der Waals surface area contributed by atoms with Crippen molar-refractivity contribution in [1.29, 1.82) is 0 Å². The maximum absolute atomic E-state index is 15.3. The average molecular weight is 621 g/mol. The van der Waals surface area contributed by atoms with Crippen LogP contribution in [0.15, 0.2) is 133 Å². The Morgan fingerprint density at radius 2 is 1.30 bits per heavy atom. The molecule has 0 saturated carbocycles. The number of benzene rings is 6. The lowest BCUT2D eigenvalue weighted by molar-refractivity contribution is -0.143. The normalized spacial score (nSPS) is 18.1. The Morgan fingerprint density at radius 3 is 2.00 bits per heavy atom. The zero-order valence-corrected chi connectivity index (χ0v) is 27.1. The van der Waals surface area contributed by atoms with Gasteiger partial charge in [0.05, 0.1) is 43.1 Å². The summed E-state index contributed by atoms with van der Waals surface area (Å²) in [7, 11) is 3.35. The summed E-state index contributed by atoms with van der Waals surface area (Å²) in [6, 6.07) is 45.2. The van der Waals surface area contributed by atoms with Crippen LogP contribution in [-0.4, -0.2) is 20.1 Å². The standard InChI is InChI=1S/C42H40N2O3/c1-4-5-26-42(39(43-35-18-10-12-20-37(35)46-2)33-24-22-29-14-6-8-16-31(29)27-33)40(34-25-23-30-15-7-9-17-32(30)28-34)44(41(42)45)36-19-11-13-21-38(36)47-3/h6-25,27-28,39-40,43H,4-5,26H2,1-3H3/t39?,40-,42-/m0/s1. The zero-order chi connectivity index (χ0) is 32.4. The molecule has 5 nitrogen and oxygen atoms in total. The van der Waals surface area contributed by atoms with Gasteiger partial charge in [0.1, 0.15) is 11.5 Å². The summed E-state index contributed by atoms with van der Waals surface area (Å²) in [5.41, 5.74) is 2.95. The van der Waals surface area contributed by atoms with Crippen LogP contribution >= 0.6 is 0 Å². The van der Waals surface area contributed by atoms with Crippen molar-refractivity contribution in [3.8, 4) is 11.5 Å². The minimum absolute atomic E-state index is 0.0779. The molecule has 3 atom stereocenters. The number of rotatable bonds is 11. The molecule has 1 N–H and O–H groups in total. The van der Waals surface area contributed by atoms with E-state index in [1.165, 1.54) is 5.39 Å². The third-order valence-electron chi connectivity index (χ3n) is 9.77. The lowest BCUT2D eigenvalue weighted by Gasteiger charge is -2.60. The van der Waals surface area contributed by atoms with Gasteiger partial charge in [-0.3, -0.25) is 9.69 Å². The molecule has 5 heteroatoms. The quantitative estimate of drug-likeness (QED) is 0.147. The molecule has 1 fully saturated rings. The lowest BCUT2D eigenvalue weighted by Crippen LogP contribution is -2.67. The van der Waals surface area contributed by atoms with Gasteiger partial charge in [-0.1, -0.05) is 117 Å². The molecule has 1 saturated heterocycles. The molecule has 6 aromatic rings. The van der Waals surface area contributed by atoms with E-state index in [2.05, 4.69) is 97.2 Å². The summed E-state index contributed by atoms with van der Waals surface area (Å²) in [4.78, 5) is 17.3. The number of carbonyl (C=O) groups excluding carboxylic acids is 1. The highest BCUT2D eigenvalue weighted by Gasteiger charge is 2.65. The number of para-hydroxylation sites is 4. The monoisotopic (exact) mass is 620 g/mol. The van der Waals surface area contributed by atoms with Crippen LogP contribution in [0, 0.1) is 5.41 Å². The topological polar surface area (TPSA) is 50.8 Å². The number of anilines is 2. The van der Waals surface area contributed by atoms with Crippen molar-refractivity contribution < 1.29 is 14.3 Å². The highest BCUT2D eigenvalue weighted by Crippen LogP contribution is 2.63. The SMILES string of the molecule is CCCC[C@@]1(C(Nc2ccccc2OC)c2ccc3ccccc3c2)C(=O)N(c2ccccc2OC)[C@H]1c1ccc2ccccc2c1. The van der Waals surface area contributed by atoms with Gasteiger partial charge in [-0.05, 0) is 75.5 Å². The Morgan fingerprint density at radius 1 is 0.702 bits per heavy atom. The molecule has 1 aliphatic heterocycles. The van der Waals surface area contributed by atoms with Crippen LogP contribution in [0.2, 0.25) is 0 Å². The molecule has 1 unspecified atom stereocenters. The van der Waals surface area contributed by atoms with Crippen molar-refractivity contribution in [2.45, 2.75) is 38.3 Å². The highest BCUT2D eigenvalue weighted by atomic mass is 16.5. The van der Waals surface area contributed by atoms with E-state index < -0.39 is 5.41 Å². The molecule has 236 valence electrons. The largest absolute Gasteiger partial charge is 0.495 e. The first-order chi connectivity index (χ1) is 23.1. The maximum Gasteiger partial charge on any atom is 0.238 e. The van der Waals surface area contributed by atoms with Gasteiger partial charge in [0, 0.05) is 0 Å². The molecule has 47 heavy (non-hydrogen) atoms. The number of fused-ring (bicyclic) bond motifs is 2. The first-order valence-electron chi connectivity index (χ1n) is 16.4. The summed E-state index contributed by atoms with van der Waals surface area (Å²) in [5, 5.41) is 8.51. The highest BCUT2D eigenvalue weighted by molar-refractivity contribution is 6.08. The number of unbranched alkanes of at least 4 members (excludes halogenated alkanes) is 1. The number of nitrogens with zero attached hydrogens (tertiary/aromatic N) is 1. The average Bonchev–Trinajstić information content (AvgIpc) is 3.13. The second-order valence-corrected chi connectivity index (χ2v) is 12.4. The molecular weight excluding hydrogens is 580 g/mol. The summed E-state index contributed by atoms with van der Waals surface area (Å²) in [6.07, 6.45) is 2.56. The minimum Gasteiger partial charge on any atom is -0.495 e. The number of nitrogens with one attached hydrogen (secondary N) is 1. The first-order valence-corrected chi connectivity index (χ1v) is 16.4. The Labute approximate surface area is 276 Å². The first kappa shape index (κ1) is 30.4. The number of ether oxygens (including phenoxy) is 2. The second kappa shape index (κ2) is 12.8. The van der Waals surface area contributed by atoms with Gasteiger partial charge in [-0.2, -0.15) is 0 Å². The van der Waals surface area contributed by atoms with Gasteiger partial charge >= 0.3 is 0 Å². The van der Waals surface area contributed by atoms with Crippen LogP contribution in [0.1, 0.15) is 49.4 Å². The Bertz CT molecular complexity index is 1970. The molecular formula is C42H40N2O3. The second-order valence-electron chi connectivity index (χ2n) is 12.4. The molecule has 0 aromatic heterocycles. The molecule has 7 rings (SSSR count). The fourth-order valence-electron chi connectivity index (χ4n) is 7.48. The van der Waals surface area contributed by atoms with Crippen molar-refractivity contribution in [1.82, 2.24) is 0 Å². The summed E-state index contributed by atoms with van der Waals surface area (Å²) in [5.74, 6) is 1.49. The predicted octanol–water partition coefficient (Wildman–Crippen LogP) is 10.1. The maximum atomic E-state index is 15.3. The fourth-order valence-corrected chi connectivity index (χ4v) is 7.48. The summed E-state index contributed by atoms with van der Waals surface area (Å²) in [6.45, 7) is 2.19. The molecule has 0 aliphatic carbocycles. The Balaban J connectivity index is 1.49. The third kappa shape index (κ3) is 5.26. The number of β-lactam (4-membered cyclic amide) rings is 1. The smallest absolute Gasteiger partial charge is 0.238 e. The van der Waals surface area contributed by atoms with Crippen LogP contribution in [0.4, 0.5) is 11.4 Å². The molecule has 0 radical (unpaired) electrons. The van der Waals surface area contributed by atoms with Gasteiger partial charge in [-0.15, -0.1) is 0 Å². The molecule has 1 amide bonds. The van der Waals surface area contributed by atoms with E-state index in [1.54, 1.807) is 14.2 Å². The van der Waals surface area contributed by atoms with Crippen molar-refractivity contribution in [3.05, 3.63) is 145 Å². The van der Waals surface area contributed by atoms with Crippen LogP contribution in [0.5, 0.6) is 11.5 Å². The van der Waals surface area contributed by atoms with E-state index in [0.29, 0.717) is 12.2 Å². The number of carbonyl (C=O) groups is 1. The number of methoxy groups -OCH3 is 2. The van der Waals surface area contributed by atoms with Gasteiger partial charge in [-0.25, -0.2) is 0 Å². The fraction of sp³-hybridized carbons (Fsp3) is 0.214.